The number of hydrogen-bond acceptors (Lipinski definition) is 5. The maximum absolute atomic E-state index is 11.8. The fourth-order valence-corrected chi connectivity index (χ4v) is 1.68. The molecule has 0 saturated carbocycles. The van der Waals surface area contributed by atoms with E-state index in [1.807, 2.05) is 31.2 Å². The first-order valence-electron chi connectivity index (χ1n) is 6.26. The van der Waals surface area contributed by atoms with Gasteiger partial charge in [-0.3, -0.25) is 9.36 Å². The Hall–Kier alpha value is -2.50. The highest BCUT2D eigenvalue weighted by atomic mass is 16.5. The highest BCUT2D eigenvalue weighted by Gasteiger charge is 2.07. The van der Waals surface area contributed by atoms with Gasteiger partial charge in [0, 0.05) is 18.8 Å². The second kappa shape index (κ2) is 6.10. The highest BCUT2D eigenvalue weighted by Crippen LogP contribution is 2.20. The van der Waals surface area contributed by atoms with Crippen molar-refractivity contribution in [1.29, 1.82) is 0 Å². The lowest BCUT2D eigenvalue weighted by molar-refractivity contribution is 0.325. The quantitative estimate of drug-likeness (QED) is 0.903. The third-order valence-electron chi connectivity index (χ3n) is 2.73. The van der Waals surface area contributed by atoms with Gasteiger partial charge >= 0.3 is 0 Å². The minimum absolute atomic E-state index is 0.186. The lowest BCUT2D eigenvalue weighted by atomic mass is 10.3. The Balaban J connectivity index is 2.34. The monoisotopic (exact) mass is 275 g/mol. The van der Waals surface area contributed by atoms with Crippen molar-refractivity contribution >= 4 is 11.6 Å². The zero-order valence-electron chi connectivity index (χ0n) is 11.7. The number of anilines is 2. The molecule has 6 heteroatoms. The number of nitrogens with one attached hydrogen (secondary N) is 1. The van der Waals surface area contributed by atoms with Crippen LogP contribution < -0.4 is 20.3 Å². The molecule has 0 saturated heterocycles. The third kappa shape index (κ3) is 3.09. The second-order valence-corrected chi connectivity index (χ2v) is 4.11. The maximum atomic E-state index is 11.8. The van der Waals surface area contributed by atoms with Crippen LogP contribution in [0.4, 0.5) is 11.6 Å². The van der Waals surface area contributed by atoms with Crippen molar-refractivity contribution in [2.45, 2.75) is 6.92 Å². The van der Waals surface area contributed by atoms with Crippen LogP contribution in [0.2, 0.25) is 0 Å². The summed E-state index contributed by atoms with van der Waals surface area (Å²) >= 11 is 0. The average molecular weight is 275 g/mol. The molecule has 1 N–H and O–H groups in total. The van der Waals surface area contributed by atoms with Crippen LogP contribution in [0.3, 0.4) is 0 Å². The number of ether oxygens (including phenoxy) is 2. The van der Waals surface area contributed by atoms with Gasteiger partial charge in [0.1, 0.15) is 5.75 Å². The first kappa shape index (κ1) is 13.9. The van der Waals surface area contributed by atoms with Gasteiger partial charge in [0.2, 0.25) is 11.8 Å². The van der Waals surface area contributed by atoms with Crippen LogP contribution in [-0.4, -0.2) is 23.3 Å². The van der Waals surface area contributed by atoms with Crippen LogP contribution in [0.1, 0.15) is 6.92 Å². The fourth-order valence-electron chi connectivity index (χ4n) is 1.68. The van der Waals surface area contributed by atoms with E-state index in [2.05, 4.69) is 10.3 Å². The molecule has 2 rings (SSSR count). The normalized spacial score (nSPS) is 10.2. The Morgan fingerprint density at radius 3 is 2.85 bits per heavy atom. The van der Waals surface area contributed by atoms with E-state index in [0.717, 1.165) is 11.4 Å². The van der Waals surface area contributed by atoms with E-state index < -0.39 is 0 Å². The van der Waals surface area contributed by atoms with Crippen molar-refractivity contribution in [2.75, 3.05) is 19.0 Å². The molecule has 6 nitrogen and oxygen atoms in total. The molecule has 20 heavy (non-hydrogen) atoms. The molecule has 0 fully saturated rings. The number of methoxy groups -OCH3 is 1. The third-order valence-corrected chi connectivity index (χ3v) is 2.73. The van der Waals surface area contributed by atoms with Crippen LogP contribution in [0, 0.1) is 0 Å². The van der Waals surface area contributed by atoms with Gasteiger partial charge in [0.25, 0.3) is 5.56 Å². The molecule has 1 aromatic heterocycles. The van der Waals surface area contributed by atoms with Gasteiger partial charge in [0.15, 0.2) is 0 Å². The molecule has 1 heterocycles. The number of rotatable bonds is 5. The molecule has 0 atom stereocenters. The Kier molecular flexibility index (Phi) is 4.24. The summed E-state index contributed by atoms with van der Waals surface area (Å²) < 4.78 is 11.8. The minimum atomic E-state index is -0.186. The Labute approximate surface area is 117 Å². The maximum Gasteiger partial charge on any atom is 0.258 e. The first-order valence-corrected chi connectivity index (χ1v) is 6.26. The van der Waals surface area contributed by atoms with Gasteiger partial charge in [-0.1, -0.05) is 6.07 Å². The fraction of sp³-hybridized carbons (Fsp3) is 0.286. The summed E-state index contributed by atoms with van der Waals surface area (Å²) in [4.78, 5) is 16.1. The minimum Gasteiger partial charge on any atom is -0.497 e. The van der Waals surface area contributed by atoms with E-state index in [4.69, 9.17) is 9.47 Å². The lowest BCUT2D eigenvalue weighted by Crippen LogP contribution is -2.20. The molecule has 1 aromatic carbocycles. The van der Waals surface area contributed by atoms with Gasteiger partial charge in [-0.2, -0.15) is 4.98 Å². The molecular formula is C14H17N3O3. The molecule has 0 unspecified atom stereocenters. The van der Waals surface area contributed by atoms with Crippen molar-refractivity contribution in [3.63, 3.8) is 0 Å². The molecule has 2 aromatic rings. The molecule has 0 aliphatic heterocycles. The summed E-state index contributed by atoms with van der Waals surface area (Å²) in [5.41, 5.74) is 0.592. The van der Waals surface area contributed by atoms with Crippen LogP contribution in [-0.2, 0) is 7.05 Å². The van der Waals surface area contributed by atoms with Gasteiger partial charge in [-0.25, -0.2) is 0 Å². The summed E-state index contributed by atoms with van der Waals surface area (Å²) in [6, 6.07) is 8.74. The standard InChI is InChI=1S/C14H17N3O3/c1-4-20-12-9-13(18)17(2)14(16-12)15-10-6-5-7-11(8-10)19-3/h5-9H,4H2,1-3H3,(H,15,16). The van der Waals surface area contributed by atoms with Crippen molar-refractivity contribution < 1.29 is 9.47 Å². The van der Waals surface area contributed by atoms with Gasteiger partial charge in [-0.15, -0.1) is 0 Å². The second-order valence-electron chi connectivity index (χ2n) is 4.11. The predicted octanol–water partition coefficient (Wildman–Crippen LogP) is 1.93. The van der Waals surface area contributed by atoms with Crippen molar-refractivity contribution in [3.05, 3.63) is 40.7 Å². The number of nitrogens with zero attached hydrogens (tertiary/aromatic N) is 2. The van der Waals surface area contributed by atoms with Crippen LogP contribution in [0.15, 0.2) is 35.1 Å². The van der Waals surface area contributed by atoms with Crippen LogP contribution in [0.25, 0.3) is 0 Å². The zero-order valence-corrected chi connectivity index (χ0v) is 11.7. The summed E-state index contributed by atoms with van der Waals surface area (Å²) in [6.07, 6.45) is 0. The van der Waals surface area contributed by atoms with E-state index >= 15 is 0 Å². The summed E-state index contributed by atoms with van der Waals surface area (Å²) in [7, 11) is 3.25. The van der Waals surface area contributed by atoms with E-state index in [9.17, 15) is 4.79 Å². The Morgan fingerprint density at radius 2 is 2.15 bits per heavy atom. The lowest BCUT2D eigenvalue weighted by Gasteiger charge is -2.12. The molecule has 0 spiro atoms. The van der Waals surface area contributed by atoms with Crippen molar-refractivity contribution in [3.8, 4) is 11.6 Å². The summed E-state index contributed by atoms with van der Waals surface area (Å²) in [6.45, 7) is 2.30. The van der Waals surface area contributed by atoms with Gasteiger partial charge < -0.3 is 14.8 Å². The molecule has 0 amide bonds. The van der Waals surface area contributed by atoms with Crippen molar-refractivity contribution in [2.24, 2.45) is 7.05 Å². The molecule has 0 bridgehead atoms. The van der Waals surface area contributed by atoms with E-state index in [0.29, 0.717) is 18.4 Å². The SMILES string of the molecule is CCOc1cc(=O)n(C)c(Nc2cccc(OC)c2)n1. The number of benzene rings is 1. The summed E-state index contributed by atoms with van der Waals surface area (Å²) in [5, 5.41) is 3.08. The molecule has 0 aliphatic carbocycles. The largest absolute Gasteiger partial charge is 0.497 e. The molecular weight excluding hydrogens is 258 g/mol. The van der Waals surface area contributed by atoms with Crippen LogP contribution >= 0.6 is 0 Å². The molecule has 0 radical (unpaired) electrons. The van der Waals surface area contributed by atoms with E-state index in [1.165, 1.54) is 10.6 Å². The smallest absolute Gasteiger partial charge is 0.258 e. The van der Waals surface area contributed by atoms with Gasteiger partial charge in [0.05, 0.1) is 19.8 Å². The number of aromatic nitrogens is 2. The van der Waals surface area contributed by atoms with Crippen molar-refractivity contribution in [1.82, 2.24) is 9.55 Å². The molecule has 106 valence electrons. The topological polar surface area (TPSA) is 65.4 Å². The Morgan fingerprint density at radius 1 is 1.35 bits per heavy atom. The number of hydrogen-bond donors (Lipinski definition) is 1. The Bertz CT molecular complexity index is 652. The van der Waals surface area contributed by atoms with E-state index in [-0.39, 0.29) is 5.56 Å². The predicted molar refractivity (Wildman–Crippen MR) is 76.9 cm³/mol. The van der Waals surface area contributed by atoms with Crippen LogP contribution in [0.5, 0.6) is 11.6 Å². The average Bonchev–Trinajstić information content (AvgIpc) is 2.45. The van der Waals surface area contributed by atoms with Gasteiger partial charge in [-0.05, 0) is 19.1 Å². The first-order chi connectivity index (χ1) is 9.63. The highest BCUT2D eigenvalue weighted by molar-refractivity contribution is 5.56. The zero-order chi connectivity index (χ0) is 14.5. The molecule has 0 aliphatic rings. The van der Waals surface area contributed by atoms with E-state index in [1.54, 1.807) is 14.2 Å². The summed E-state index contributed by atoms with van der Waals surface area (Å²) in [5.74, 6) is 1.44.